The molecule has 134 valence electrons. The molecule has 1 fully saturated rings. The van der Waals surface area contributed by atoms with Gasteiger partial charge in [0, 0.05) is 23.2 Å². The van der Waals surface area contributed by atoms with Crippen LogP contribution in [0.1, 0.15) is 48.4 Å². The van der Waals surface area contributed by atoms with Crippen LogP contribution in [0, 0.1) is 11.8 Å². The SMILES string of the molecule is C1CC1.CNCc1cccc(C#Cc2ccc(/C=C(\C)C(=O)O)cc2)c1. The quantitative estimate of drug-likeness (QED) is 0.634. The van der Waals surface area contributed by atoms with Gasteiger partial charge >= 0.3 is 5.97 Å². The van der Waals surface area contributed by atoms with Gasteiger partial charge in [-0.25, -0.2) is 4.79 Å². The van der Waals surface area contributed by atoms with E-state index in [-0.39, 0.29) is 0 Å². The summed E-state index contributed by atoms with van der Waals surface area (Å²) in [5, 5.41) is 12.0. The van der Waals surface area contributed by atoms with E-state index < -0.39 is 5.97 Å². The van der Waals surface area contributed by atoms with Crippen LogP contribution < -0.4 is 5.32 Å². The molecule has 2 aromatic rings. The summed E-state index contributed by atoms with van der Waals surface area (Å²) in [5.41, 5.74) is 4.23. The topological polar surface area (TPSA) is 49.3 Å². The number of nitrogens with one attached hydrogen (secondary N) is 1. The molecule has 0 spiro atoms. The number of hydrogen-bond acceptors (Lipinski definition) is 2. The minimum absolute atomic E-state index is 0.310. The lowest BCUT2D eigenvalue weighted by molar-refractivity contribution is -0.132. The fourth-order valence-corrected chi connectivity index (χ4v) is 2.08. The Morgan fingerprint density at radius 2 is 1.73 bits per heavy atom. The number of carbonyl (C=O) groups is 1. The molecule has 0 bridgehead atoms. The van der Waals surface area contributed by atoms with Crippen LogP contribution in [0.15, 0.2) is 54.1 Å². The summed E-state index contributed by atoms with van der Waals surface area (Å²) in [7, 11) is 1.92. The summed E-state index contributed by atoms with van der Waals surface area (Å²) in [6, 6.07) is 15.6. The zero-order chi connectivity index (χ0) is 18.8. The molecule has 2 aromatic carbocycles. The molecule has 0 aromatic heterocycles. The highest BCUT2D eigenvalue weighted by molar-refractivity contribution is 5.91. The van der Waals surface area contributed by atoms with Crippen LogP contribution >= 0.6 is 0 Å². The van der Waals surface area contributed by atoms with Gasteiger partial charge in [0.05, 0.1) is 0 Å². The molecule has 1 aliphatic carbocycles. The fourth-order valence-electron chi connectivity index (χ4n) is 2.08. The molecule has 1 saturated carbocycles. The van der Waals surface area contributed by atoms with Crippen molar-refractivity contribution in [3.8, 4) is 11.8 Å². The molecule has 0 radical (unpaired) electrons. The third-order valence-corrected chi connectivity index (χ3v) is 3.64. The Morgan fingerprint density at radius 3 is 2.31 bits per heavy atom. The van der Waals surface area contributed by atoms with E-state index >= 15 is 0 Å². The fraction of sp³-hybridized carbons (Fsp3) is 0.261. The first-order chi connectivity index (χ1) is 12.6. The Morgan fingerprint density at radius 1 is 1.08 bits per heavy atom. The standard InChI is InChI=1S/C20H19NO2.C3H6/c1-15(20(22)23)12-18-10-7-16(8-11-18)6-9-17-4-3-5-19(13-17)14-21-2;1-2-3-1/h3-5,7-8,10-13,21H,14H2,1-2H3,(H,22,23);1-3H2/b15-12+;. The van der Waals surface area contributed by atoms with Gasteiger partial charge in [-0.05, 0) is 55.4 Å². The average Bonchev–Trinajstić information content (AvgIpc) is 3.51. The molecule has 2 N–H and O–H groups in total. The molecule has 0 saturated heterocycles. The first-order valence-electron chi connectivity index (χ1n) is 8.85. The second-order valence-corrected chi connectivity index (χ2v) is 6.30. The lowest BCUT2D eigenvalue weighted by Gasteiger charge is -1.99. The minimum atomic E-state index is -0.907. The van der Waals surface area contributed by atoms with Crippen molar-refractivity contribution in [2.45, 2.75) is 32.7 Å². The van der Waals surface area contributed by atoms with Gasteiger partial charge in [0.25, 0.3) is 0 Å². The van der Waals surface area contributed by atoms with Crippen molar-refractivity contribution in [3.63, 3.8) is 0 Å². The summed E-state index contributed by atoms with van der Waals surface area (Å²) in [4.78, 5) is 10.8. The van der Waals surface area contributed by atoms with Crippen molar-refractivity contribution < 1.29 is 9.90 Å². The molecule has 3 nitrogen and oxygen atoms in total. The van der Waals surface area contributed by atoms with Crippen molar-refractivity contribution in [1.82, 2.24) is 5.32 Å². The molecule has 0 atom stereocenters. The van der Waals surface area contributed by atoms with E-state index in [1.807, 2.05) is 43.4 Å². The predicted molar refractivity (Wildman–Crippen MR) is 107 cm³/mol. The second-order valence-electron chi connectivity index (χ2n) is 6.30. The van der Waals surface area contributed by atoms with Crippen molar-refractivity contribution in [2.75, 3.05) is 7.05 Å². The number of carboxylic acid groups (broad SMARTS) is 1. The van der Waals surface area contributed by atoms with E-state index in [4.69, 9.17) is 5.11 Å². The van der Waals surface area contributed by atoms with Gasteiger partial charge in [0.15, 0.2) is 0 Å². The second kappa shape index (κ2) is 10.2. The molecular weight excluding hydrogens is 322 g/mol. The molecule has 26 heavy (non-hydrogen) atoms. The highest BCUT2D eigenvalue weighted by atomic mass is 16.4. The number of rotatable bonds is 4. The first-order valence-corrected chi connectivity index (χ1v) is 8.85. The smallest absolute Gasteiger partial charge is 0.331 e. The highest BCUT2D eigenvalue weighted by Gasteiger charge is 1.99. The van der Waals surface area contributed by atoms with Crippen LogP contribution in [0.2, 0.25) is 0 Å². The third kappa shape index (κ3) is 7.38. The summed E-state index contributed by atoms with van der Waals surface area (Å²) in [6.45, 7) is 2.40. The molecule has 1 aliphatic rings. The first kappa shape index (κ1) is 19.5. The molecule has 3 heteroatoms. The molecule has 0 heterocycles. The monoisotopic (exact) mass is 347 g/mol. The maximum absolute atomic E-state index is 10.8. The van der Waals surface area contributed by atoms with E-state index in [2.05, 4.69) is 29.3 Å². The van der Waals surface area contributed by atoms with Crippen LogP contribution in [0.3, 0.4) is 0 Å². The molecule has 3 rings (SSSR count). The van der Waals surface area contributed by atoms with Crippen molar-refractivity contribution in [2.24, 2.45) is 0 Å². The van der Waals surface area contributed by atoms with Gasteiger partial charge in [-0.1, -0.05) is 55.4 Å². The van der Waals surface area contributed by atoms with Crippen molar-refractivity contribution in [3.05, 3.63) is 76.4 Å². The van der Waals surface area contributed by atoms with Crippen LogP contribution in [0.25, 0.3) is 6.08 Å². The zero-order valence-corrected chi connectivity index (χ0v) is 15.4. The number of carboxylic acids is 1. The predicted octanol–water partition coefficient (Wildman–Crippen LogP) is 4.46. The van der Waals surface area contributed by atoms with Crippen LogP contribution in [-0.4, -0.2) is 18.1 Å². The van der Waals surface area contributed by atoms with Gasteiger partial charge in [0.2, 0.25) is 0 Å². The van der Waals surface area contributed by atoms with E-state index in [0.29, 0.717) is 5.57 Å². The van der Waals surface area contributed by atoms with Crippen molar-refractivity contribution in [1.29, 1.82) is 0 Å². The van der Waals surface area contributed by atoms with E-state index in [1.165, 1.54) is 24.8 Å². The number of aliphatic carboxylic acids is 1. The average molecular weight is 347 g/mol. The van der Waals surface area contributed by atoms with Gasteiger partial charge < -0.3 is 10.4 Å². The molecule has 0 amide bonds. The summed E-state index contributed by atoms with van der Waals surface area (Å²) >= 11 is 0. The van der Waals surface area contributed by atoms with Gasteiger partial charge in [0.1, 0.15) is 0 Å². The number of hydrogen-bond donors (Lipinski definition) is 2. The van der Waals surface area contributed by atoms with Crippen LogP contribution in [0.4, 0.5) is 0 Å². The van der Waals surface area contributed by atoms with Gasteiger partial charge in [-0.3, -0.25) is 0 Å². The van der Waals surface area contributed by atoms with Crippen molar-refractivity contribution >= 4 is 12.0 Å². The Bertz CT molecular complexity index is 819. The summed E-state index contributed by atoms with van der Waals surface area (Å²) in [5.74, 6) is 5.37. The Hall–Kier alpha value is -2.83. The van der Waals surface area contributed by atoms with E-state index in [0.717, 1.165) is 23.2 Å². The lowest BCUT2D eigenvalue weighted by atomic mass is 10.1. The molecule has 0 unspecified atom stereocenters. The van der Waals surface area contributed by atoms with E-state index in [9.17, 15) is 4.79 Å². The van der Waals surface area contributed by atoms with Gasteiger partial charge in [-0.15, -0.1) is 0 Å². The normalized spacial score (nSPS) is 12.3. The maximum Gasteiger partial charge on any atom is 0.331 e. The lowest BCUT2D eigenvalue weighted by Crippen LogP contribution is -2.04. The Balaban J connectivity index is 0.000000732. The van der Waals surface area contributed by atoms with Crippen LogP contribution in [-0.2, 0) is 11.3 Å². The Kier molecular flexibility index (Phi) is 7.67. The summed E-state index contributed by atoms with van der Waals surface area (Å²) < 4.78 is 0. The zero-order valence-electron chi connectivity index (χ0n) is 15.4. The Labute approximate surface area is 155 Å². The third-order valence-electron chi connectivity index (χ3n) is 3.64. The maximum atomic E-state index is 10.8. The molecule has 0 aliphatic heterocycles. The number of benzene rings is 2. The largest absolute Gasteiger partial charge is 0.478 e. The van der Waals surface area contributed by atoms with Crippen LogP contribution in [0.5, 0.6) is 0 Å². The summed E-state index contributed by atoms with van der Waals surface area (Å²) in [6.07, 6.45) is 6.14. The van der Waals surface area contributed by atoms with Gasteiger partial charge in [-0.2, -0.15) is 0 Å². The highest BCUT2D eigenvalue weighted by Crippen LogP contribution is 2.15. The van der Waals surface area contributed by atoms with E-state index in [1.54, 1.807) is 13.0 Å². The minimum Gasteiger partial charge on any atom is -0.478 e. The molecular formula is C23H25NO2.